The van der Waals surface area contributed by atoms with Gasteiger partial charge in [-0.15, -0.1) is 0 Å². The third kappa shape index (κ3) is 2.78. The minimum atomic E-state index is -0.310. The Kier molecular flexibility index (Phi) is 3.68. The lowest BCUT2D eigenvalue weighted by atomic mass is 10.1. The second-order valence-electron chi connectivity index (χ2n) is 6.02. The van der Waals surface area contributed by atoms with E-state index in [1.165, 1.54) is 11.1 Å². The Morgan fingerprint density at radius 3 is 2.81 bits per heavy atom. The summed E-state index contributed by atoms with van der Waals surface area (Å²) in [5, 5.41) is 0. The van der Waals surface area contributed by atoms with Gasteiger partial charge in [-0.2, -0.15) is 0 Å². The number of hydrogen-bond acceptors (Lipinski definition) is 3. The van der Waals surface area contributed by atoms with Crippen LogP contribution in [0.5, 0.6) is 0 Å². The lowest BCUT2D eigenvalue weighted by Crippen LogP contribution is -2.65. The predicted molar refractivity (Wildman–Crippen MR) is 79.6 cm³/mol. The Labute approximate surface area is 125 Å². The monoisotopic (exact) mass is 287 g/mol. The number of aryl methyl sites for hydroxylation is 1. The standard InChI is InChI=1S/C16H21N3O2/c1-12-4-3-5-13(8-12)9-18-6-7-19-14(10-18)16(21)17(2)11-15(19)20/h3-5,8,14H,6-7,9-11H2,1-2H3/t14-/m1/s1. The van der Waals surface area contributed by atoms with Gasteiger partial charge in [-0.25, -0.2) is 0 Å². The number of carbonyl (C=O) groups excluding carboxylic acids is 2. The van der Waals surface area contributed by atoms with Crippen LogP contribution in [0.2, 0.25) is 0 Å². The molecule has 112 valence electrons. The molecule has 0 saturated carbocycles. The van der Waals surface area contributed by atoms with Crippen LogP contribution in [0.4, 0.5) is 0 Å². The SMILES string of the molecule is Cc1cccc(CN2CCN3C(=O)CN(C)C(=O)[C@H]3C2)c1. The van der Waals surface area contributed by atoms with Crippen molar-refractivity contribution in [1.82, 2.24) is 14.7 Å². The molecule has 1 aromatic carbocycles. The molecule has 1 atom stereocenters. The van der Waals surface area contributed by atoms with E-state index in [4.69, 9.17) is 0 Å². The maximum Gasteiger partial charge on any atom is 0.246 e. The molecule has 2 aliphatic heterocycles. The van der Waals surface area contributed by atoms with Gasteiger partial charge in [0.2, 0.25) is 11.8 Å². The number of amides is 2. The minimum Gasteiger partial charge on any atom is -0.335 e. The normalized spacial score (nSPS) is 23.4. The molecule has 2 heterocycles. The maximum absolute atomic E-state index is 12.3. The molecule has 5 heteroatoms. The molecule has 0 spiro atoms. The number of piperazine rings is 2. The van der Waals surface area contributed by atoms with Gasteiger partial charge >= 0.3 is 0 Å². The molecule has 2 fully saturated rings. The van der Waals surface area contributed by atoms with Gasteiger partial charge in [0.15, 0.2) is 0 Å². The van der Waals surface area contributed by atoms with Gasteiger partial charge in [-0.3, -0.25) is 14.5 Å². The van der Waals surface area contributed by atoms with Gasteiger partial charge in [-0.05, 0) is 12.5 Å². The van der Waals surface area contributed by atoms with E-state index in [1.54, 1.807) is 16.8 Å². The van der Waals surface area contributed by atoms with E-state index in [-0.39, 0.29) is 24.4 Å². The molecule has 2 amide bonds. The summed E-state index contributed by atoms with van der Waals surface area (Å²) in [7, 11) is 1.71. The Hall–Kier alpha value is -1.88. The summed E-state index contributed by atoms with van der Waals surface area (Å²) in [4.78, 5) is 29.8. The number of hydrogen-bond donors (Lipinski definition) is 0. The zero-order valence-electron chi connectivity index (χ0n) is 12.6. The molecule has 0 aromatic heterocycles. The lowest BCUT2D eigenvalue weighted by molar-refractivity contribution is -0.158. The molecule has 0 unspecified atom stereocenters. The van der Waals surface area contributed by atoms with Crippen LogP contribution >= 0.6 is 0 Å². The first-order valence-corrected chi connectivity index (χ1v) is 7.37. The first-order chi connectivity index (χ1) is 10.0. The number of fused-ring (bicyclic) bond motifs is 1. The first kappa shape index (κ1) is 14.1. The van der Waals surface area contributed by atoms with E-state index in [1.807, 2.05) is 0 Å². The highest BCUT2D eigenvalue weighted by Gasteiger charge is 2.40. The molecule has 0 radical (unpaired) electrons. The summed E-state index contributed by atoms with van der Waals surface area (Å²) in [6.45, 7) is 5.23. The lowest BCUT2D eigenvalue weighted by Gasteiger charge is -2.45. The summed E-state index contributed by atoms with van der Waals surface area (Å²) in [5.41, 5.74) is 2.50. The molecular weight excluding hydrogens is 266 g/mol. The Morgan fingerprint density at radius 2 is 2.05 bits per heavy atom. The summed E-state index contributed by atoms with van der Waals surface area (Å²) >= 11 is 0. The number of benzene rings is 1. The molecular formula is C16H21N3O2. The summed E-state index contributed by atoms with van der Waals surface area (Å²) < 4.78 is 0. The third-order valence-corrected chi connectivity index (χ3v) is 4.31. The minimum absolute atomic E-state index is 0.0588. The fourth-order valence-electron chi connectivity index (χ4n) is 3.19. The molecule has 3 rings (SSSR count). The highest BCUT2D eigenvalue weighted by atomic mass is 16.2. The fourth-order valence-corrected chi connectivity index (χ4v) is 3.19. The van der Waals surface area contributed by atoms with Crippen molar-refractivity contribution in [3.8, 4) is 0 Å². The van der Waals surface area contributed by atoms with E-state index >= 15 is 0 Å². The number of carbonyl (C=O) groups is 2. The number of likely N-dealkylation sites (N-methyl/N-ethyl adjacent to an activating group) is 1. The van der Waals surface area contributed by atoms with Gasteiger partial charge < -0.3 is 9.80 Å². The van der Waals surface area contributed by atoms with E-state index < -0.39 is 0 Å². The quantitative estimate of drug-likeness (QED) is 0.795. The van der Waals surface area contributed by atoms with Crippen LogP contribution in [-0.4, -0.2) is 65.8 Å². The van der Waals surface area contributed by atoms with Gasteiger partial charge in [0.25, 0.3) is 0 Å². The van der Waals surface area contributed by atoms with E-state index in [2.05, 4.69) is 36.1 Å². The zero-order valence-corrected chi connectivity index (χ0v) is 12.6. The van der Waals surface area contributed by atoms with Gasteiger partial charge in [0.05, 0.1) is 6.54 Å². The highest BCUT2D eigenvalue weighted by Crippen LogP contribution is 2.19. The maximum atomic E-state index is 12.3. The highest BCUT2D eigenvalue weighted by molar-refractivity contribution is 5.95. The molecule has 0 N–H and O–H groups in total. The van der Waals surface area contributed by atoms with Gasteiger partial charge in [-0.1, -0.05) is 29.8 Å². The van der Waals surface area contributed by atoms with Crippen LogP contribution in [0.1, 0.15) is 11.1 Å². The van der Waals surface area contributed by atoms with Gasteiger partial charge in [0.1, 0.15) is 6.04 Å². The largest absolute Gasteiger partial charge is 0.335 e. The summed E-state index contributed by atoms with van der Waals surface area (Å²) in [5.74, 6) is 0.126. The number of nitrogens with zero attached hydrogens (tertiary/aromatic N) is 3. The molecule has 5 nitrogen and oxygen atoms in total. The van der Waals surface area contributed by atoms with E-state index in [9.17, 15) is 9.59 Å². The summed E-state index contributed by atoms with van der Waals surface area (Å²) in [6, 6.07) is 8.12. The second-order valence-corrected chi connectivity index (χ2v) is 6.02. The molecule has 2 aliphatic rings. The Bertz CT molecular complexity index is 572. The van der Waals surface area contributed by atoms with Crippen LogP contribution < -0.4 is 0 Å². The van der Waals surface area contributed by atoms with Crippen molar-refractivity contribution in [3.05, 3.63) is 35.4 Å². The molecule has 0 aliphatic carbocycles. The van der Waals surface area contributed by atoms with Crippen molar-refractivity contribution >= 4 is 11.8 Å². The van der Waals surface area contributed by atoms with Crippen LogP contribution in [0.25, 0.3) is 0 Å². The van der Waals surface area contributed by atoms with Crippen molar-refractivity contribution in [2.45, 2.75) is 19.5 Å². The van der Waals surface area contributed by atoms with Crippen molar-refractivity contribution in [2.24, 2.45) is 0 Å². The molecule has 21 heavy (non-hydrogen) atoms. The zero-order chi connectivity index (χ0) is 15.0. The van der Waals surface area contributed by atoms with Crippen molar-refractivity contribution in [2.75, 3.05) is 33.2 Å². The topological polar surface area (TPSA) is 43.9 Å². The van der Waals surface area contributed by atoms with Crippen LogP contribution in [0, 0.1) is 6.92 Å². The van der Waals surface area contributed by atoms with E-state index in [0.717, 1.165) is 13.1 Å². The fraction of sp³-hybridized carbons (Fsp3) is 0.500. The second kappa shape index (κ2) is 5.48. The Morgan fingerprint density at radius 1 is 1.24 bits per heavy atom. The van der Waals surface area contributed by atoms with Crippen LogP contribution in [0.3, 0.4) is 0 Å². The van der Waals surface area contributed by atoms with Crippen molar-refractivity contribution in [1.29, 1.82) is 0 Å². The first-order valence-electron chi connectivity index (χ1n) is 7.37. The molecule has 1 aromatic rings. The molecule has 0 bridgehead atoms. The van der Waals surface area contributed by atoms with Crippen molar-refractivity contribution < 1.29 is 9.59 Å². The summed E-state index contributed by atoms with van der Waals surface area (Å²) in [6.07, 6.45) is 0. The van der Waals surface area contributed by atoms with E-state index in [0.29, 0.717) is 13.1 Å². The predicted octanol–water partition coefficient (Wildman–Crippen LogP) is 0.480. The van der Waals surface area contributed by atoms with Crippen LogP contribution in [0.15, 0.2) is 24.3 Å². The van der Waals surface area contributed by atoms with Gasteiger partial charge in [0, 0.05) is 33.2 Å². The smallest absolute Gasteiger partial charge is 0.246 e. The molecule has 2 saturated heterocycles. The van der Waals surface area contributed by atoms with Crippen LogP contribution in [-0.2, 0) is 16.1 Å². The number of rotatable bonds is 2. The third-order valence-electron chi connectivity index (χ3n) is 4.31. The Balaban J connectivity index is 1.71. The average Bonchev–Trinajstić information content (AvgIpc) is 2.45. The van der Waals surface area contributed by atoms with Crippen molar-refractivity contribution in [3.63, 3.8) is 0 Å². The average molecular weight is 287 g/mol.